The van der Waals surface area contributed by atoms with Crippen LogP contribution in [0.2, 0.25) is 0 Å². The third-order valence-corrected chi connectivity index (χ3v) is 10.1. The van der Waals surface area contributed by atoms with Crippen molar-refractivity contribution in [2.45, 2.75) is 125 Å². The third-order valence-electron chi connectivity index (χ3n) is 10.1. The Hall–Kier alpha value is -9.32. The van der Waals surface area contributed by atoms with Crippen LogP contribution in [-0.2, 0) is 57.5 Å². The van der Waals surface area contributed by atoms with Crippen LogP contribution < -0.4 is 88.8 Å². The Bertz CT molecular complexity index is 2210. The number of nitrogens with one attached hydrogen (secondary N) is 7. The first-order valence-electron chi connectivity index (χ1n) is 23.1. The monoisotopic (exact) mass is 1100 g/mol. The van der Waals surface area contributed by atoms with Crippen molar-refractivity contribution in [3.63, 3.8) is 0 Å². The molecule has 7 amide bonds. The zero-order chi connectivity index (χ0) is 58.9. The normalized spacial score (nSPS) is 13.7. The van der Waals surface area contributed by atoms with E-state index in [1.807, 2.05) is 5.32 Å². The summed E-state index contributed by atoms with van der Waals surface area (Å²) in [6.45, 7) is -0.387. The van der Waals surface area contributed by atoms with Crippen LogP contribution in [0.3, 0.4) is 0 Å². The van der Waals surface area contributed by atoms with Crippen molar-refractivity contribution in [3.05, 3.63) is 0 Å². The van der Waals surface area contributed by atoms with Gasteiger partial charge in [-0.3, -0.25) is 72.7 Å². The Labute approximate surface area is 437 Å². The number of hydrogen-bond donors (Lipinski definition) is 21. The first-order chi connectivity index (χ1) is 35.9. The quantitative estimate of drug-likeness (QED) is 0.0154. The molecule has 77 heavy (non-hydrogen) atoms. The second-order valence-corrected chi connectivity index (χ2v) is 16.6. The highest BCUT2D eigenvalue weighted by Crippen LogP contribution is 2.09. The number of amides is 7. The summed E-state index contributed by atoms with van der Waals surface area (Å²) >= 11 is 0. The zero-order valence-electron chi connectivity index (χ0n) is 41.6. The molecule has 0 saturated heterocycles. The van der Waals surface area contributed by atoms with Gasteiger partial charge in [-0.05, 0) is 51.4 Å². The van der Waals surface area contributed by atoms with Crippen LogP contribution in [0.1, 0.15) is 77.0 Å². The molecule has 0 aliphatic heterocycles. The molecule has 0 aromatic heterocycles. The number of carboxylic acids is 5. The number of carboxylic acid groups (broad SMARTS) is 5. The lowest BCUT2D eigenvalue weighted by Crippen LogP contribution is -2.60. The second kappa shape index (κ2) is 35.8. The molecule has 0 aromatic rings. The predicted molar refractivity (Wildman–Crippen MR) is 268 cm³/mol. The highest BCUT2D eigenvalue weighted by atomic mass is 16.4. The average Bonchev–Trinajstić information content (AvgIpc) is 3.30. The molecule has 0 saturated carbocycles. The van der Waals surface area contributed by atoms with Gasteiger partial charge in [0.15, 0.2) is 23.8 Å². The Kier molecular flexibility index (Phi) is 31.4. The van der Waals surface area contributed by atoms with Crippen molar-refractivity contribution in [1.29, 1.82) is 0 Å². The number of aliphatic carboxylic acids is 5. The molecule has 0 aromatic carbocycles. The molecule has 0 fully saturated rings. The van der Waals surface area contributed by atoms with E-state index in [0.717, 1.165) is 0 Å². The fraction of sp³-hybridized carbons (Fsp3) is 0.600. The topological polar surface area (TPSA) is 674 Å². The number of hydrogen-bond acceptors (Lipinski definition) is 17. The fourth-order valence-electron chi connectivity index (χ4n) is 6.40. The van der Waals surface area contributed by atoms with Crippen LogP contribution in [0.5, 0.6) is 0 Å². The minimum Gasteiger partial charge on any atom is -0.481 e. The SMILES string of the molecule is NC(N)=NCCC[C@H](NC(=O)[C@H](CC(=O)O)NC(=O)[C@H](CCCN=C(N)N)NC(=O)[C@H](CC(=O)O)NC(=O)[C@H](CCCN=C(N)N)NC(=O)[C@H](CC(=O)O)NC(=O)[C@H](CC(=O)O)NC(=O)[C@@H](N)CCCN=C(N)N)C(=O)O. The van der Waals surface area contributed by atoms with Crippen LogP contribution >= 0.6 is 0 Å². The van der Waals surface area contributed by atoms with Gasteiger partial charge in [-0.2, -0.15) is 0 Å². The van der Waals surface area contributed by atoms with Gasteiger partial charge >= 0.3 is 29.8 Å². The molecule has 0 heterocycles. The van der Waals surface area contributed by atoms with Crippen LogP contribution in [0.4, 0.5) is 0 Å². The van der Waals surface area contributed by atoms with E-state index in [4.69, 9.17) is 51.6 Å². The van der Waals surface area contributed by atoms with Gasteiger partial charge in [0.2, 0.25) is 41.4 Å². The van der Waals surface area contributed by atoms with E-state index in [0.29, 0.717) is 0 Å². The number of aliphatic imine (C=N–C) groups is 4. The fourth-order valence-corrected chi connectivity index (χ4v) is 6.40. The van der Waals surface area contributed by atoms with E-state index in [-0.39, 0.29) is 82.6 Å². The van der Waals surface area contributed by atoms with Crippen LogP contribution in [0.25, 0.3) is 0 Å². The predicted octanol–water partition coefficient (Wildman–Crippen LogP) is -10.1. The maximum Gasteiger partial charge on any atom is 0.326 e. The maximum absolute atomic E-state index is 14.0. The molecule has 37 heteroatoms. The van der Waals surface area contributed by atoms with Crippen LogP contribution in [0, 0.1) is 0 Å². The van der Waals surface area contributed by atoms with Crippen molar-refractivity contribution < 1.29 is 83.1 Å². The van der Waals surface area contributed by atoms with Crippen LogP contribution in [0.15, 0.2) is 20.0 Å². The Morgan fingerprint density at radius 3 is 0.766 bits per heavy atom. The second-order valence-electron chi connectivity index (χ2n) is 16.6. The minimum atomic E-state index is -2.13. The molecular weight excluding hydrogens is 1030 g/mol. The lowest BCUT2D eigenvalue weighted by Gasteiger charge is -2.27. The highest BCUT2D eigenvalue weighted by molar-refractivity contribution is 6.00. The number of nitrogens with two attached hydrogens (primary N) is 9. The summed E-state index contributed by atoms with van der Waals surface area (Å²) in [4.78, 5) is 169. The Balaban J connectivity index is 6.91. The Morgan fingerprint density at radius 2 is 0.519 bits per heavy atom. The van der Waals surface area contributed by atoms with Crippen molar-refractivity contribution >= 4 is 95.0 Å². The maximum atomic E-state index is 14.0. The molecule has 0 rings (SSSR count). The van der Waals surface area contributed by atoms with Crippen molar-refractivity contribution in [1.82, 2.24) is 37.2 Å². The van der Waals surface area contributed by atoms with Crippen LogP contribution in [-0.4, -0.2) is 195 Å². The molecule has 0 bridgehead atoms. The summed E-state index contributed by atoms with van der Waals surface area (Å²) in [5.74, 6) is -18.8. The third kappa shape index (κ3) is 31.1. The van der Waals surface area contributed by atoms with Gasteiger partial charge in [0.1, 0.15) is 42.3 Å². The minimum absolute atomic E-state index is 0.0264. The molecular formula is C40H70N20O17. The lowest BCUT2D eigenvalue weighted by atomic mass is 10.0. The largest absolute Gasteiger partial charge is 0.481 e. The summed E-state index contributed by atoms with van der Waals surface area (Å²) in [6.07, 6.45) is -5.95. The highest BCUT2D eigenvalue weighted by Gasteiger charge is 2.36. The summed E-state index contributed by atoms with van der Waals surface area (Å²) in [6, 6.07) is -14.8. The van der Waals surface area contributed by atoms with Crippen molar-refractivity contribution in [2.75, 3.05) is 26.2 Å². The Morgan fingerprint density at radius 1 is 0.312 bits per heavy atom. The number of carbonyl (C=O) groups excluding carboxylic acids is 7. The van der Waals surface area contributed by atoms with Gasteiger partial charge in [0, 0.05) is 26.2 Å². The van der Waals surface area contributed by atoms with E-state index < -0.39 is 164 Å². The lowest BCUT2D eigenvalue weighted by molar-refractivity contribution is -0.144. The van der Waals surface area contributed by atoms with E-state index in [1.54, 1.807) is 0 Å². The molecule has 0 aliphatic carbocycles. The van der Waals surface area contributed by atoms with Gasteiger partial charge in [-0.25, -0.2) is 4.79 Å². The van der Waals surface area contributed by atoms with E-state index in [1.165, 1.54) is 0 Å². The van der Waals surface area contributed by atoms with Gasteiger partial charge in [-0.1, -0.05) is 0 Å². The van der Waals surface area contributed by atoms with Crippen molar-refractivity contribution in [2.24, 2.45) is 71.6 Å². The standard InChI is InChI=1S/C40H70N20O17/c41-17(5-1-9-50-37(42)43)29(69)57-21(13-25(61)62)35(75)60-23(15-27(65)66)33(73)55-18(6-2-10-51-38(44)45)30(70)58-22(14-26(63)64)32(72)54-19(7-3-11-52-39(46)47)31(71)59-24(16-28(67)68)34(74)56-20(36(76)77)8-4-12-53-40(48)49/h17-24H,1-16,41H2,(H,54,72)(H,55,73)(H,56,74)(H,57,69)(H,58,70)(H,59,71)(H,60,75)(H,61,62)(H,63,64)(H,65,66)(H,67,68)(H,76,77)(H4,42,43,50)(H4,44,45,51)(H4,46,47,52)(H4,48,49,53)/t17-,18-,19-,20-,21-,22-,23-,24-/m0/s1. The average molecular weight is 1100 g/mol. The number of carbonyl (C=O) groups is 12. The van der Waals surface area contributed by atoms with E-state index >= 15 is 0 Å². The first kappa shape index (κ1) is 67.7. The molecule has 0 aliphatic rings. The summed E-state index contributed by atoms with van der Waals surface area (Å²) in [7, 11) is 0. The molecule has 0 radical (unpaired) electrons. The first-order valence-corrected chi connectivity index (χ1v) is 23.1. The molecule has 432 valence electrons. The zero-order valence-corrected chi connectivity index (χ0v) is 41.6. The van der Waals surface area contributed by atoms with Gasteiger partial charge in [-0.15, -0.1) is 0 Å². The molecule has 0 unspecified atom stereocenters. The smallest absolute Gasteiger partial charge is 0.326 e. The van der Waals surface area contributed by atoms with E-state index in [9.17, 15) is 83.1 Å². The number of guanidine groups is 4. The summed E-state index contributed by atoms with van der Waals surface area (Å²) in [5, 5.41) is 63.0. The van der Waals surface area contributed by atoms with Gasteiger partial charge in [0.25, 0.3) is 0 Å². The number of rotatable bonds is 39. The van der Waals surface area contributed by atoms with E-state index in [2.05, 4.69) is 51.9 Å². The molecule has 37 nitrogen and oxygen atoms in total. The molecule has 30 N–H and O–H groups in total. The molecule has 8 atom stereocenters. The van der Waals surface area contributed by atoms with Gasteiger partial charge in [0.05, 0.1) is 31.7 Å². The summed E-state index contributed by atoms with van der Waals surface area (Å²) in [5.41, 5.74) is 48.4. The van der Waals surface area contributed by atoms with Gasteiger partial charge < -0.3 is 114 Å². The number of nitrogens with zero attached hydrogens (tertiary/aromatic N) is 4. The summed E-state index contributed by atoms with van der Waals surface area (Å²) < 4.78 is 0. The van der Waals surface area contributed by atoms with Crippen molar-refractivity contribution in [3.8, 4) is 0 Å². The molecule has 0 spiro atoms.